The molecule has 0 radical (unpaired) electrons. The van der Waals surface area contributed by atoms with E-state index >= 15 is 0 Å². The van der Waals surface area contributed by atoms with Gasteiger partial charge >= 0.3 is 0 Å². The van der Waals surface area contributed by atoms with E-state index in [1.54, 1.807) is 17.0 Å². The minimum Gasteiger partial charge on any atom is -0.492 e. The molecule has 2 aromatic carbocycles. The molecular formula is C25H31N5O2. The van der Waals surface area contributed by atoms with Crippen LogP contribution in [-0.2, 0) is 13.1 Å². The topological polar surface area (TPSA) is 85.4 Å². The lowest BCUT2D eigenvalue weighted by Crippen LogP contribution is -2.42. The Morgan fingerprint density at radius 1 is 1.03 bits per heavy atom. The third-order valence-corrected chi connectivity index (χ3v) is 5.87. The van der Waals surface area contributed by atoms with Gasteiger partial charge in [0, 0.05) is 44.6 Å². The van der Waals surface area contributed by atoms with Gasteiger partial charge in [0.25, 0.3) is 5.56 Å². The second kappa shape index (κ2) is 10.9. The van der Waals surface area contributed by atoms with Crippen molar-refractivity contribution in [1.82, 2.24) is 14.5 Å². The first-order valence-corrected chi connectivity index (χ1v) is 11.2. The van der Waals surface area contributed by atoms with Crippen LogP contribution in [0, 0.1) is 0 Å². The maximum atomic E-state index is 12.9. The Labute approximate surface area is 188 Å². The van der Waals surface area contributed by atoms with E-state index in [2.05, 4.69) is 15.2 Å². The fourth-order valence-electron chi connectivity index (χ4n) is 3.95. The van der Waals surface area contributed by atoms with Crippen LogP contribution >= 0.6 is 0 Å². The van der Waals surface area contributed by atoms with E-state index in [9.17, 15) is 4.79 Å². The van der Waals surface area contributed by atoms with Crippen molar-refractivity contribution in [2.45, 2.75) is 32.0 Å². The number of nitrogens with one attached hydrogen (secondary N) is 1. The van der Waals surface area contributed by atoms with E-state index in [0.29, 0.717) is 25.5 Å². The molecule has 0 bridgehead atoms. The second-order valence-electron chi connectivity index (χ2n) is 8.15. The summed E-state index contributed by atoms with van der Waals surface area (Å²) in [6.45, 7) is 4.57. The lowest BCUT2D eigenvalue weighted by molar-refractivity contribution is 0.177. The molecule has 1 saturated heterocycles. The Hall–Kier alpha value is -3.16. The number of ether oxygens (including phenoxy) is 1. The van der Waals surface area contributed by atoms with Crippen LogP contribution in [0.2, 0.25) is 0 Å². The van der Waals surface area contributed by atoms with Crippen LogP contribution in [0.15, 0.2) is 71.8 Å². The molecule has 3 aromatic rings. The van der Waals surface area contributed by atoms with Gasteiger partial charge in [0.15, 0.2) is 5.82 Å². The van der Waals surface area contributed by atoms with Crippen molar-refractivity contribution >= 4 is 5.82 Å². The summed E-state index contributed by atoms with van der Waals surface area (Å²) >= 11 is 0. The molecule has 7 nitrogen and oxygen atoms in total. The molecule has 2 heterocycles. The summed E-state index contributed by atoms with van der Waals surface area (Å²) in [5.41, 5.74) is 7.71. The highest BCUT2D eigenvalue weighted by molar-refractivity contribution is 5.33. The van der Waals surface area contributed by atoms with E-state index < -0.39 is 0 Å². The zero-order valence-electron chi connectivity index (χ0n) is 18.3. The Morgan fingerprint density at radius 2 is 1.75 bits per heavy atom. The van der Waals surface area contributed by atoms with Gasteiger partial charge in [-0.2, -0.15) is 0 Å². The lowest BCUT2D eigenvalue weighted by atomic mass is 10.1. The van der Waals surface area contributed by atoms with Crippen LogP contribution in [0.5, 0.6) is 5.75 Å². The standard InChI is InChI=1S/C25H31N5O2/c26-18-20-6-8-21(9-7-20)19-30-15-12-27-24(25(30)31)28-22-10-13-29(14-11-22)16-17-32-23-4-2-1-3-5-23/h1-9,12,15,22H,10-11,13-14,16-19,26H2,(H,27,28). The molecule has 7 heteroatoms. The molecule has 32 heavy (non-hydrogen) atoms. The number of anilines is 1. The zero-order chi connectivity index (χ0) is 22.2. The Balaban J connectivity index is 1.26. The fourth-order valence-corrected chi connectivity index (χ4v) is 3.95. The van der Waals surface area contributed by atoms with Gasteiger partial charge in [-0.25, -0.2) is 4.98 Å². The summed E-state index contributed by atoms with van der Waals surface area (Å²) in [7, 11) is 0. The highest BCUT2D eigenvalue weighted by Gasteiger charge is 2.20. The molecule has 0 spiro atoms. The van der Waals surface area contributed by atoms with Gasteiger partial charge in [0.2, 0.25) is 0 Å². The molecule has 1 aromatic heterocycles. The molecule has 4 rings (SSSR count). The molecule has 1 fully saturated rings. The van der Waals surface area contributed by atoms with Crippen molar-refractivity contribution in [1.29, 1.82) is 0 Å². The highest BCUT2D eigenvalue weighted by Crippen LogP contribution is 2.14. The number of likely N-dealkylation sites (tertiary alicyclic amines) is 1. The number of nitrogens with zero attached hydrogens (tertiary/aromatic N) is 3. The number of rotatable bonds is 9. The van der Waals surface area contributed by atoms with Crippen molar-refractivity contribution in [2.24, 2.45) is 5.73 Å². The first-order valence-electron chi connectivity index (χ1n) is 11.2. The summed E-state index contributed by atoms with van der Waals surface area (Å²) in [4.78, 5) is 19.6. The van der Waals surface area contributed by atoms with E-state index in [4.69, 9.17) is 10.5 Å². The minimum atomic E-state index is -0.0888. The predicted molar refractivity (Wildman–Crippen MR) is 127 cm³/mol. The highest BCUT2D eigenvalue weighted by atomic mass is 16.5. The summed E-state index contributed by atoms with van der Waals surface area (Å²) in [6, 6.07) is 18.2. The van der Waals surface area contributed by atoms with Crippen LogP contribution in [0.3, 0.4) is 0 Å². The monoisotopic (exact) mass is 433 g/mol. The Morgan fingerprint density at radius 3 is 2.47 bits per heavy atom. The number of piperidine rings is 1. The quantitative estimate of drug-likeness (QED) is 0.540. The average Bonchev–Trinajstić information content (AvgIpc) is 2.84. The molecule has 0 atom stereocenters. The van der Waals surface area contributed by atoms with Gasteiger partial charge in [0.05, 0.1) is 6.54 Å². The minimum absolute atomic E-state index is 0.0888. The largest absolute Gasteiger partial charge is 0.492 e. The molecule has 0 amide bonds. The predicted octanol–water partition coefficient (Wildman–Crippen LogP) is 2.71. The van der Waals surface area contributed by atoms with Crippen molar-refractivity contribution in [3.63, 3.8) is 0 Å². The third-order valence-electron chi connectivity index (χ3n) is 5.87. The van der Waals surface area contributed by atoms with Gasteiger partial charge in [-0.1, -0.05) is 42.5 Å². The van der Waals surface area contributed by atoms with E-state index in [-0.39, 0.29) is 11.6 Å². The number of hydrogen-bond acceptors (Lipinski definition) is 6. The van der Waals surface area contributed by atoms with Crippen molar-refractivity contribution in [2.75, 3.05) is 31.6 Å². The van der Waals surface area contributed by atoms with Crippen molar-refractivity contribution in [3.05, 3.63) is 88.5 Å². The number of aromatic nitrogens is 2. The molecule has 0 aliphatic carbocycles. The van der Waals surface area contributed by atoms with Crippen LogP contribution in [-0.4, -0.2) is 46.7 Å². The molecule has 168 valence electrons. The maximum absolute atomic E-state index is 12.9. The van der Waals surface area contributed by atoms with Crippen LogP contribution < -0.4 is 21.3 Å². The summed E-state index contributed by atoms with van der Waals surface area (Å²) < 4.78 is 7.50. The van der Waals surface area contributed by atoms with Crippen molar-refractivity contribution < 1.29 is 4.74 Å². The third kappa shape index (κ3) is 5.96. The second-order valence-corrected chi connectivity index (χ2v) is 8.15. The fraction of sp³-hybridized carbons (Fsp3) is 0.360. The number of hydrogen-bond donors (Lipinski definition) is 2. The van der Waals surface area contributed by atoms with Crippen molar-refractivity contribution in [3.8, 4) is 5.75 Å². The molecule has 1 aliphatic heterocycles. The Kier molecular flexibility index (Phi) is 7.53. The molecule has 0 unspecified atom stereocenters. The van der Waals surface area contributed by atoms with Crippen LogP contribution in [0.4, 0.5) is 5.82 Å². The molecular weight excluding hydrogens is 402 g/mol. The summed E-state index contributed by atoms with van der Waals surface area (Å²) in [5, 5.41) is 3.38. The molecule has 3 N–H and O–H groups in total. The summed E-state index contributed by atoms with van der Waals surface area (Å²) in [6.07, 6.45) is 5.37. The van der Waals surface area contributed by atoms with E-state index in [1.807, 2.05) is 54.6 Å². The normalized spacial score (nSPS) is 14.9. The smallest absolute Gasteiger partial charge is 0.293 e. The van der Waals surface area contributed by atoms with Gasteiger partial charge < -0.3 is 20.4 Å². The summed E-state index contributed by atoms with van der Waals surface area (Å²) in [5.74, 6) is 1.34. The van der Waals surface area contributed by atoms with Gasteiger partial charge in [-0.3, -0.25) is 9.69 Å². The SMILES string of the molecule is NCc1ccc(Cn2ccnc(NC3CCN(CCOc4ccccc4)CC3)c2=O)cc1. The first kappa shape index (κ1) is 22.0. The van der Waals surface area contributed by atoms with E-state index in [0.717, 1.165) is 49.4 Å². The maximum Gasteiger partial charge on any atom is 0.293 e. The number of benzene rings is 2. The zero-order valence-corrected chi connectivity index (χ0v) is 18.3. The number of nitrogens with two attached hydrogens (primary N) is 1. The average molecular weight is 434 g/mol. The van der Waals surface area contributed by atoms with E-state index in [1.165, 1.54) is 0 Å². The lowest BCUT2D eigenvalue weighted by Gasteiger charge is -2.32. The Bertz CT molecular complexity index is 1030. The number of para-hydroxylation sites is 1. The first-order chi connectivity index (χ1) is 15.7. The molecule has 1 aliphatic rings. The van der Waals surface area contributed by atoms with Gasteiger partial charge in [0.1, 0.15) is 12.4 Å². The van der Waals surface area contributed by atoms with Crippen LogP contribution in [0.25, 0.3) is 0 Å². The van der Waals surface area contributed by atoms with Gasteiger partial charge in [-0.05, 0) is 36.1 Å². The molecule has 0 saturated carbocycles. The van der Waals surface area contributed by atoms with Gasteiger partial charge in [-0.15, -0.1) is 0 Å². The van der Waals surface area contributed by atoms with Crippen LogP contribution in [0.1, 0.15) is 24.0 Å².